The van der Waals surface area contributed by atoms with E-state index in [-0.39, 0.29) is 17.7 Å². The quantitative estimate of drug-likeness (QED) is 0.472. The van der Waals surface area contributed by atoms with E-state index in [4.69, 9.17) is 15.2 Å². The predicted molar refractivity (Wildman–Crippen MR) is 73.4 cm³/mol. The van der Waals surface area contributed by atoms with Crippen molar-refractivity contribution in [3.63, 3.8) is 0 Å². The number of rotatable bonds is 5. The molecule has 0 saturated carbocycles. The number of methoxy groups -OCH3 is 1. The maximum Gasteiger partial charge on any atom is 0.234 e. The summed E-state index contributed by atoms with van der Waals surface area (Å²) in [5.74, 6) is -0.339. The lowest BCUT2D eigenvalue weighted by atomic mass is 9.89. The molecule has 2 amide bonds. The van der Waals surface area contributed by atoms with E-state index in [0.29, 0.717) is 37.5 Å². The molecule has 108 valence electrons. The van der Waals surface area contributed by atoms with Gasteiger partial charge in [-0.1, -0.05) is 6.07 Å². The molecule has 0 radical (unpaired) electrons. The Bertz CT molecular complexity index is 516. The number of amides is 2. The summed E-state index contributed by atoms with van der Waals surface area (Å²) in [5, 5.41) is 2.35. The average Bonchev–Trinajstić information content (AvgIpc) is 2.40. The lowest BCUT2D eigenvalue weighted by Gasteiger charge is -2.23. The molecule has 1 atom stereocenters. The number of hydrogen-bond donors (Lipinski definition) is 2. The van der Waals surface area contributed by atoms with Gasteiger partial charge in [0.1, 0.15) is 12.4 Å². The first-order valence-corrected chi connectivity index (χ1v) is 6.46. The van der Waals surface area contributed by atoms with Gasteiger partial charge >= 0.3 is 0 Å². The van der Waals surface area contributed by atoms with Crippen LogP contribution in [0.25, 0.3) is 0 Å². The van der Waals surface area contributed by atoms with Crippen molar-refractivity contribution in [2.75, 3.05) is 26.1 Å². The molecule has 1 aromatic carbocycles. The van der Waals surface area contributed by atoms with Crippen LogP contribution in [0.3, 0.4) is 0 Å². The summed E-state index contributed by atoms with van der Waals surface area (Å²) in [6, 6.07) is 5.19. The molecule has 1 heterocycles. The molecule has 1 saturated heterocycles. The summed E-state index contributed by atoms with van der Waals surface area (Å²) in [6.07, 6.45) is 0.813. The van der Waals surface area contributed by atoms with Crippen molar-refractivity contribution in [1.82, 2.24) is 5.32 Å². The number of ether oxygens (including phenoxy) is 2. The minimum Gasteiger partial charge on any atom is -0.491 e. The van der Waals surface area contributed by atoms with Crippen LogP contribution in [-0.4, -0.2) is 32.1 Å². The molecule has 0 aliphatic carbocycles. The maximum absolute atomic E-state index is 11.9. The second-order valence-corrected chi connectivity index (χ2v) is 4.64. The topological polar surface area (TPSA) is 90.7 Å². The zero-order valence-corrected chi connectivity index (χ0v) is 11.3. The molecule has 1 aromatic rings. The van der Waals surface area contributed by atoms with Gasteiger partial charge in [-0.2, -0.15) is 0 Å². The molecule has 2 rings (SSSR count). The smallest absolute Gasteiger partial charge is 0.234 e. The molecule has 6 nitrogen and oxygen atoms in total. The van der Waals surface area contributed by atoms with Crippen LogP contribution in [0.1, 0.15) is 24.3 Å². The fourth-order valence-electron chi connectivity index (χ4n) is 2.19. The van der Waals surface area contributed by atoms with Crippen LogP contribution < -0.4 is 15.8 Å². The first-order chi connectivity index (χ1) is 9.61. The number of hydrogen-bond acceptors (Lipinski definition) is 5. The van der Waals surface area contributed by atoms with Crippen molar-refractivity contribution in [2.45, 2.75) is 18.8 Å². The van der Waals surface area contributed by atoms with Gasteiger partial charge < -0.3 is 15.2 Å². The molecule has 3 N–H and O–H groups in total. The van der Waals surface area contributed by atoms with Crippen LogP contribution in [0.15, 0.2) is 18.2 Å². The summed E-state index contributed by atoms with van der Waals surface area (Å²) < 4.78 is 10.6. The van der Waals surface area contributed by atoms with E-state index in [0.717, 1.165) is 5.56 Å². The zero-order valence-electron chi connectivity index (χ0n) is 11.3. The molecule has 20 heavy (non-hydrogen) atoms. The second kappa shape index (κ2) is 6.38. The maximum atomic E-state index is 11.9. The summed E-state index contributed by atoms with van der Waals surface area (Å²) in [6.45, 7) is 0.823. The van der Waals surface area contributed by atoms with Crippen molar-refractivity contribution in [3.05, 3.63) is 23.8 Å². The van der Waals surface area contributed by atoms with E-state index in [9.17, 15) is 9.59 Å². The number of nitrogen functional groups attached to an aromatic ring is 1. The van der Waals surface area contributed by atoms with Crippen LogP contribution in [-0.2, 0) is 14.3 Å². The van der Waals surface area contributed by atoms with Gasteiger partial charge in [0, 0.05) is 30.8 Å². The van der Waals surface area contributed by atoms with Crippen LogP contribution in [0.4, 0.5) is 5.69 Å². The third-order valence-electron chi connectivity index (χ3n) is 3.20. The summed E-state index contributed by atoms with van der Waals surface area (Å²) in [4.78, 5) is 23.1. The Kier molecular flexibility index (Phi) is 4.57. The summed E-state index contributed by atoms with van der Waals surface area (Å²) >= 11 is 0. The highest BCUT2D eigenvalue weighted by Crippen LogP contribution is 2.33. The Labute approximate surface area is 117 Å². The average molecular weight is 278 g/mol. The predicted octanol–water partition coefficient (Wildman–Crippen LogP) is 0.814. The van der Waals surface area contributed by atoms with Gasteiger partial charge in [0.25, 0.3) is 0 Å². The zero-order chi connectivity index (χ0) is 14.5. The van der Waals surface area contributed by atoms with Crippen molar-refractivity contribution in [1.29, 1.82) is 0 Å². The molecule has 6 heteroatoms. The van der Waals surface area contributed by atoms with Crippen LogP contribution >= 0.6 is 0 Å². The number of carbonyl (C=O) groups is 2. The van der Waals surface area contributed by atoms with Crippen molar-refractivity contribution < 1.29 is 19.1 Å². The van der Waals surface area contributed by atoms with Gasteiger partial charge in [-0.3, -0.25) is 14.9 Å². The Morgan fingerprint density at radius 2 is 2.15 bits per heavy atom. The van der Waals surface area contributed by atoms with E-state index in [2.05, 4.69) is 5.32 Å². The third kappa shape index (κ3) is 3.27. The van der Waals surface area contributed by atoms with Crippen LogP contribution in [0.2, 0.25) is 0 Å². The number of carbonyl (C=O) groups excluding carboxylic acids is 2. The molecule has 1 unspecified atom stereocenters. The van der Waals surface area contributed by atoms with Gasteiger partial charge in [0.2, 0.25) is 11.8 Å². The fourth-order valence-corrected chi connectivity index (χ4v) is 2.19. The van der Waals surface area contributed by atoms with Crippen molar-refractivity contribution in [3.8, 4) is 5.75 Å². The van der Waals surface area contributed by atoms with Gasteiger partial charge in [-0.05, 0) is 12.5 Å². The lowest BCUT2D eigenvalue weighted by molar-refractivity contribution is -0.134. The normalized spacial score (nSPS) is 18.8. The minimum absolute atomic E-state index is 0.233. The first kappa shape index (κ1) is 14.3. The molecule has 0 aromatic heterocycles. The molecule has 1 aliphatic heterocycles. The highest BCUT2D eigenvalue weighted by molar-refractivity contribution is 6.01. The summed E-state index contributed by atoms with van der Waals surface area (Å²) in [5.41, 5.74) is 7.07. The first-order valence-electron chi connectivity index (χ1n) is 6.46. The van der Waals surface area contributed by atoms with Gasteiger partial charge in [-0.15, -0.1) is 0 Å². The standard InChI is InChI=1S/C14H18N2O4/c1-19-6-7-20-12-8-9(15)2-3-10(12)11-4-5-13(17)16-14(11)18/h2-3,8,11H,4-7,15H2,1H3,(H,16,17,18). The number of imide groups is 1. The van der Waals surface area contributed by atoms with Gasteiger partial charge in [0.15, 0.2) is 0 Å². The SMILES string of the molecule is COCCOc1cc(N)ccc1C1CCC(=O)NC1=O. The molecule has 1 aliphatic rings. The Morgan fingerprint density at radius 1 is 1.35 bits per heavy atom. The molecular formula is C14H18N2O4. The number of benzene rings is 1. The van der Waals surface area contributed by atoms with Crippen LogP contribution in [0, 0.1) is 0 Å². The Hall–Kier alpha value is -2.08. The van der Waals surface area contributed by atoms with Gasteiger partial charge in [0.05, 0.1) is 12.5 Å². The van der Waals surface area contributed by atoms with Crippen molar-refractivity contribution in [2.24, 2.45) is 0 Å². The van der Waals surface area contributed by atoms with E-state index >= 15 is 0 Å². The van der Waals surface area contributed by atoms with Crippen molar-refractivity contribution >= 4 is 17.5 Å². The Balaban J connectivity index is 2.21. The van der Waals surface area contributed by atoms with E-state index in [1.807, 2.05) is 0 Å². The number of anilines is 1. The molecular weight excluding hydrogens is 260 g/mol. The second-order valence-electron chi connectivity index (χ2n) is 4.64. The highest BCUT2D eigenvalue weighted by atomic mass is 16.5. The minimum atomic E-state index is -0.383. The van der Waals surface area contributed by atoms with E-state index in [1.54, 1.807) is 25.3 Å². The number of nitrogens with two attached hydrogens (primary N) is 1. The lowest BCUT2D eigenvalue weighted by Crippen LogP contribution is -2.39. The third-order valence-corrected chi connectivity index (χ3v) is 3.20. The highest BCUT2D eigenvalue weighted by Gasteiger charge is 2.30. The number of nitrogens with one attached hydrogen (secondary N) is 1. The monoisotopic (exact) mass is 278 g/mol. The van der Waals surface area contributed by atoms with Crippen LogP contribution in [0.5, 0.6) is 5.75 Å². The van der Waals surface area contributed by atoms with Gasteiger partial charge in [-0.25, -0.2) is 0 Å². The molecule has 1 fully saturated rings. The summed E-state index contributed by atoms with van der Waals surface area (Å²) in [7, 11) is 1.59. The van der Waals surface area contributed by atoms with E-state index in [1.165, 1.54) is 0 Å². The Morgan fingerprint density at radius 3 is 2.85 bits per heavy atom. The fraction of sp³-hybridized carbons (Fsp3) is 0.429. The molecule has 0 bridgehead atoms. The molecule has 0 spiro atoms. The van der Waals surface area contributed by atoms with E-state index < -0.39 is 0 Å². The largest absolute Gasteiger partial charge is 0.491 e. The number of piperidine rings is 1.